The van der Waals surface area contributed by atoms with E-state index in [0.29, 0.717) is 12.1 Å². The lowest BCUT2D eigenvalue weighted by molar-refractivity contribution is -0.120. The topological polar surface area (TPSA) is 71.1 Å². The van der Waals surface area contributed by atoms with Crippen molar-refractivity contribution in [1.82, 2.24) is 15.6 Å². The minimum Gasteiger partial charge on any atom is -0.355 e. The van der Waals surface area contributed by atoms with E-state index in [2.05, 4.69) is 15.6 Å². The van der Waals surface area contributed by atoms with Gasteiger partial charge in [-0.15, -0.1) is 0 Å². The first-order valence-electron chi connectivity index (χ1n) is 5.30. The molecule has 1 rings (SSSR count). The van der Waals surface area contributed by atoms with Gasteiger partial charge < -0.3 is 10.6 Å². The third-order valence-electron chi connectivity index (χ3n) is 1.97. The monoisotopic (exact) mass is 255 g/mol. The number of amides is 2. The molecular weight excluding hydrogens is 242 g/mol. The second kappa shape index (κ2) is 6.85. The summed E-state index contributed by atoms with van der Waals surface area (Å²) in [5.74, 6) is -0.554. The minimum absolute atomic E-state index is 0.0429. The Labute approximate surface area is 105 Å². The van der Waals surface area contributed by atoms with Crippen molar-refractivity contribution >= 4 is 23.4 Å². The quantitative estimate of drug-likeness (QED) is 0.771. The van der Waals surface area contributed by atoms with Crippen LogP contribution in [0.5, 0.6) is 0 Å². The zero-order chi connectivity index (χ0) is 12.7. The maximum Gasteiger partial charge on any atom is 0.251 e. The molecule has 0 radical (unpaired) electrons. The summed E-state index contributed by atoms with van der Waals surface area (Å²) in [4.78, 5) is 26.6. The second-order valence-electron chi connectivity index (χ2n) is 3.40. The van der Waals surface area contributed by atoms with Crippen LogP contribution in [0.25, 0.3) is 0 Å². The highest BCUT2D eigenvalue weighted by molar-refractivity contribution is 6.29. The minimum atomic E-state index is -0.346. The molecular formula is C11H14ClN3O2. The van der Waals surface area contributed by atoms with Crippen molar-refractivity contribution in [2.24, 2.45) is 0 Å². The molecule has 1 aromatic heterocycles. The number of carbonyl (C=O) groups is 2. The van der Waals surface area contributed by atoms with Gasteiger partial charge in [-0.3, -0.25) is 9.59 Å². The molecule has 0 aliphatic heterocycles. The molecule has 0 saturated carbocycles. The van der Waals surface area contributed by atoms with E-state index < -0.39 is 0 Å². The van der Waals surface area contributed by atoms with Crippen LogP contribution in [0.4, 0.5) is 0 Å². The van der Waals surface area contributed by atoms with E-state index in [9.17, 15) is 9.59 Å². The predicted molar refractivity (Wildman–Crippen MR) is 64.9 cm³/mol. The Kier molecular flexibility index (Phi) is 5.42. The van der Waals surface area contributed by atoms with Crippen molar-refractivity contribution in [2.45, 2.75) is 13.3 Å². The predicted octanol–water partition coefficient (Wildman–Crippen LogP) is 0.991. The van der Waals surface area contributed by atoms with Crippen LogP contribution in [0.3, 0.4) is 0 Å². The average molecular weight is 256 g/mol. The van der Waals surface area contributed by atoms with Crippen LogP contribution in [0.1, 0.15) is 23.7 Å². The van der Waals surface area contributed by atoms with Crippen LogP contribution in [0.2, 0.25) is 5.15 Å². The summed E-state index contributed by atoms with van der Waals surface area (Å²) < 4.78 is 0. The number of pyridine rings is 1. The fraction of sp³-hybridized carbons (Fsp3) is 0.364. The number of nitrogens with zero attached hydrogens (tertiary/aromatic N) is 1. The van der Waals surface area contributed by atoms with Gasteiger partial charge in [0.25, 0.3) is 5.91 Å². The molecule has 0 bridgehead atoms. The number of nitrogens with one attached hydrogen (secondary N) is 2. The van der Waals surface area contributed by atoms with Crippen LogP contribution >= 0.6 is 11.6 Å². The maximum atomic E-state index is 11.6. The van der Waals surface area contributed by atoms with Gasteiger partial charge in [0.1, 0.15) is 5.15 Å². The molecule has 92 valence electrons. The molecule has 17 heavy (non-hydrogen) atoms. The molecule has 0 atom stereocenters. The first-order chi connectivity index (χ1) is 8.13. The van der Waals surface area contributed by atoms with E-state index >= 15 is 0 Å². The first kappa shape index (κ1) is 13.4. The summed E-state index contributed by atoms with van der Waals surface area (Å²) >= 11 is 5.65. The highest BCUT2D eigenvalue weighted by Crippen LogP contribution is 2.06. The summed E-state index contributed by atoms with van der Waals surface area (Å²) in [6.45, 7) is 2.52. The Balaban J connectivity index is 2.42. The molecule has 0 aromatic carbocycles. The van der Waals surface area contributed by atoms with Crippen LogP contribution in [0, 0.1) is 0 Å². The van der Waals surface area contributed by atoms with E-state index in [1.54, 1.807) is 0 Å². The Bertz CT molecular complexity index is 409. The molecule has 1 heterocycles. The SMILES string of the molecule is CCCNC(=O)CNC(=O)c1ccnc(Cl)c1. The smallest absolute Gasteiger partial charge is 0.251 e. The van der Waals surface area contributed by atoms with E-state index in [4.69, 9.17) is 11.6 Å². The lowest BCUT2D eigenvalue weighted by Crippen LogP contribution is -2.37. The molecule has 1 aromatic rings. The van der Waals surface area contributed by atoms with Gasteiger partial charge in [0.2, 0.25) is 5.91 Å². The maximum absolute atomic E-state index is 11.6. The summed E-state index contributed by atoms with van der Waals surface area (Å²) in [5.41, 5.74) is 0.383. The van der Waals surface area contributed by atoms with Gasteiger partial charge in [-0.1, -0.05) is 18.5 Å². The Morgan fingerprint density at radius 2 is 2.18 bits per heavy atom. The highest BCUT2D eigenvalue weighted by atomic mass is 35.5. The second-order valence-corrected chi connectivity index (χ2v) is 3.79. The molecule has 5 nitrogen and oxygen atoms in total. The standard InChI is InChI=1S/C11H14ClN3O2/c1-2-4-14-10(16)7-15-11(17)8-3-5-13-9(12)6-8/h3,5-6H,2,4,7H2,1H3,(H,14,16)(H,15,17). The van der Waals surface area contributed by atoms with Crippen molar-refractivity contribution in [1.29, 1.82) is 0 Å². The average Bonchev–Trinajstić information content (AvgIpc) is 2.33. The van der Waals surface area contributed by atoms with Crippen molar-refractivity contribution in [3.05, 3.63) is 29.0 Å². The Hall–Kier alpha value is -1.62. The molecule has 0 spiro atoms. The van der Waals surface area contributed by atoms with Gasteiger partial charge in [0.15, 0.2) is 0 Å². The van der Waals surface area contributed by atoms with Gasteiger partial charge in [0, 0.05) is 18.3 Å². The Morgan fingerprint density at radius 1 is 1.41 bits per heavy atom. The van der Waals surface area contributed by atoms with Crippen molar-refractivity contribution in [2.75, 3.05) is 13.1 Å². The van der Waals surface area contributed by atoms with E-state index in [1.807, 2.05) is 6.92 Å². The number of rotatable bonds is 5. The van der Waals surface area contributed by atoms with E-state index in [0.717, 1.165) is 6.42 Å². The van der Waals surface area contributed by atoms with Crippen molar-refractivity contribution in [3.63, 3.8) is 0 Å². The molecule has 0 aliphatic rings. The molecule has 2 amide bonds. The third-order valence-corrected chi connectivity index (χ3v) is 2.18. The van der Waals surface area contributed by atoms with Crippen LogP contribution in [-0.2, 0) is 4.79 Å². The number of hydrogen-bond donors (Lipinski definition) is 2. The highest BCUT2D eigenvalue weighted by Gasteiger charge is 2.07. The molecule has 0 saturated heterocycles. The van der Waals surface area contributed by atoms with Gasteiger partial charge in [-0.2, -0.15) is 0 Å². The summed E-state index contributed by atoms with van der Waals surface area (Å²) in [6, 6.07) is 2.98. The molecule has 2 N–H and O–H groups in total. The van der Waals surface area contributed by atoms with Crippen molar-refractivity contribution < 1.29 is 9.59 Å². The van der Waals surface area contributed by atoms with Crippen molar-refractivity contribution in [3.8, 4) is 0 Å². The normalized spacial score (nSPS) is 9.76. The number of hydrogen-bond acceptors (Lipinski definition) is 3. The summed E-state index contributed by atoms with van der Waals surface area (Å²) in [5, 5.41) is 5.40. The largest absolute Gasteiger partial charge is 0.355 e. The summed E-state index contributed by atoms with van der Waals surface area (Å²) in [7, 11) is 0. The fourth-order valence-electron chi connectivity index (χ4n) is 1.13. The number of aromatic nitrogens is 1. The molecule has 0 aliphatic carbocycles. The first-order valence-corrected chi connectivity index (χ1v) is 5.67. The summed E-state index contributed by atoms with van der Waals surface area (Å²) in [6.07, 6.45) is 2.30. The lowest BCUT2D eigenvalue weighted by Gasteiger charge is -2.05. The van der Waals surface area contributed by atoms with E-state index in [-0.39, 0.29) is 23.5 Å². The van der Waals surface area contributed by atoms with Crippen LogP contribution < -0.4 is 10.6 Å². The van der Waals surface area contributed by atoms with Crippen LogP contribution in [0.15, 0.2) is 18.3 Å². The lowest BCUT2D eigenvalue weighted by atomic mass is 10.2. The zero-order valence-electron chi connectivity index (χ0n) is 9.50. The van der Waals surface area contributed by atoms with Gasteiger partial charge in [0.05, 0.1) is 6.54 Å². The Morgan fingerprint density at radius 3 is 2.82 bits per heavy atom. The molecule has 0 fully saturated rings. The van der Waals surface area contributed by atoms with E-state index in [1.165, 1.54) is 18.3 Å². The van der Waals surface area contributed by atoms with Gasteiger partial charge >= 0.3 is 0 Å². The van der Waals surface area contributed by atoms with Gasteiger partial charge in [-0.05, 0) is 18.6 Å². The number of halogens is 1. The fourth-order valence-corrected chi connectivity index (χ4v) is 1.31. The van der Waals surface area contributed by atoms with Gasteiger partial charge in [-0.25, -0.2) is 4.98 Å². The number of carbonyl (C=O) groups excluding carboxylic acids is 2. The molecule has 0 unspecified atom stereocenters. The third kappa shape index (κ3) is 4.82. The van der Waals surface area contributed by atoms with Crippen LogP contribution in [-0.4, -0.2) is 29.9 Å². The zero-order valence-corrected chi connectivity index (χ0v) is 10.3. The molecule has 6 heteroatoms.